The number of likely N-dealkylation sites (N-methyl/N-ethyl adjacent to an activating group) is 1. The predicted octanol–water partition coefficient (Wildman–Crippen LogP) is 1.56. The van der Waals surface area contributed by atoms with Crippen molar-refractivity contribution in [1.82, 2.24) is 5.32 Å². The predicted molar refractivity (Wildman–Crippen MR) is 65.3 cm³/mol. The zero-order valence-electron chi connectivity index (χ0n) is 10.1. The molecular weight excluding hydrogens is 202 g/mol. The zero-order valence-corrected chi connectivity index (χ0v) is 10.1. The van der Waals surface area contributed by atoms with Gasteiger partial charge in [0, 0.05) is 19.6 Å². The van der Waals surface area contributed by atoms with Crippen molar-refractivity contribution in [2.75, 3.05) is 20.2 Å². The van der Waals surface area contributed by atoms with Crippen molar-refractivity contribution >= 4 is 0 Å². The maximum atomic E-state index is 9.87. The Hall–Kier alpha value is -0.900. The first-order valence-corrected chi connectivity index (χ1v) is 5.63. The summed E-state index contributed by atoms with van der Waals surface area (Å²) in [6, 6.07) is 10.0. The summed E-state index contributed by atoms with van der Waals surface area (Å²) in [5.41, 5.74) is 0.474. The van der Waals surface area contributed by atoms with E-state index in [-0.39, 0.29) is 0 Å². The molecule has 0 amide bonds. The summed E-state index contributed by atoms with van der Waals surface area (Å²) in [4.78, 5) is 0. The highest BCUT2D eigenvalue weighted by Crippen LogP contribution is 2.08. The third-order valence-corrected chi connectivity index (χ3v) is 2.45. The fraction of sp³-hybridized carbons (Fsp3) is 0.538. The minimum absolute atomic E-state index is 0.573. The second kappa shape index (κ2) is 6.63. The third kappa shape index (κ3) is 5.26. The smallest absolute Gasteiger partial charge is 0.0765 e. The SMILES string of the molecule is CNCC(C)(O)CCOCc1ccccc1. The van der Waals surface area contributed by atoms with Crippen molar-refractivity contribution in [2.45, 2.75) is 25.6 Å². The highest BCUT2D eigenvalue weighted by atomic mass is 16.5. The topological polar surface area (TPSA) is 41.5 Å². The molecule has 1 rings (SSSR count). The first kappa shape index (κ1) is 13.2. The molecule has 3 heteroatoms. The van der Waals surface area contributed by atoms with Crippen LogP contribution in [0.2, 0.25) is 0 Å². The zero-order chi connectivity index (χ0) is 11.9. The van der Waals surface area contributed by atoms with E-state index in [0.29, 0.717) is 26.2 Å². The summed E-state index contributed by atoms with van der Waals surface area (Å²) < 4.78 is 5.51. The summed E-state index contributed by atoms with van der Waals surface area (Å²) in [5, 5.41) is 12.8. The van der Waals surface area contributed by atoms with Crippen LogP contribution in [0.4, 0.5) is 0 Å². The molecule has 0 fully saturated rings. The lowest BCUT2D eigenvalue weighted by Crippen LogP contribution is -2.37. The molecule has 0 bridgehead atoms. The number of benzene rings is 1. The molecule has 90 valence electrons. The van der Waals surface area contributed by atoms with E-state index in [0.717, 1.165) is 5.56 Å². The van der Waals surface area contributed by atoms with Gasteiger partial charge in [-0.25, -0.2) is 0 Å². The highest BCUT2D eigenvalue weighted by Gasteiger charge is 2.18. The molecular formula is C13H21NO2. The van der Waals surface area contributed by atoms with E-state index in [2.05, 4.69) is 5.32 Å². The van der Waals surface area contributed by atoms with Crippen molar-refractivity contribution in [2.24, 2.45) is 0 Å². The summed E-state index contributed by atoms with van der Waals surface area (Å²) in [6.45, 7) is 3.58. The van der Waals surface area contributed by atoms with Gasteiger partial charge in [0.05, 0.1) is 12.2 Å². The monoisotopic (exact) mass is 223 g/mol. The molecule has 1 aromatic carbocycles. The number of nitrogens with one attached hydrogen (secondary N) is 1. The van der Waals surface area contributed by atoms with Crippen molar-refractivity contribution in [3.8, 4) is 0 Å². The van der Waals surface area contributed by atoms with Gasteiger partial charge in [-0.15, -0.1) is 0 Å². The third-order valence-electron chi connectivity index (χ3n) is 2.45. The molecule has 0 aliphatic rings. The van der Waals surface area contributed by atoms with Crippen LogP contribution in [-0.4, -0.2) is 30.9 Å². The molecule has 0 aliphatic heterocycles. The van der Waals surface area contributed by atoms with Crippen molar-refractivity contribution in [1.29, 1.82) is 0 Å². The van der Waals surface area contributed by atoms with Crippen molar-refractivity contribution in [3.05, 3.63) is 35.9 Å². The molecule has 1 unspecified atom stereocenters. The summed E-state index contributed by atoms with van der Waals surface area (Å²) in [6.07, 6.45) is 0.640. The van der Waals surface area contributed by atoms with E-state index in [9.17, 15) is 5.11 Å². The Morgan fingerprint density at radius 1 is 1.31 bits per heavy atom. The van der Waals surface area contributed by atoms with E-state index >= 15 is 0 Å². The van der Waals surface area contributed by atoms with Crippen LogP contribution >= 0.6 is 0 Å². The van der Waals surface area contributed by atoms with Crippen LogP contribution in [0.1, 0.15) is 18.9 Å². The maximum absolute atomic E-state index is 9.87. The molecule has 0 aliphatic carbocycles. The lowest BCUT2D eigenvalue weighted by molar-refractivity contribution is 0.0121. The molecule has 0 saturated heterocycles. The van der Waals surface area contributed by atoms with Crippen LogP contribution in [0, 0.1) is 0 Å². The molecule has 1 atom stereocenters. The van der Waals surface area contributed by atoms with Crippen LogP contribution in [-0.2, 0) is 11.3 Å². The number of rotatable bonds is 7. The molecule has 2 N–H and O–H groups in total. The van der Waals surface area contributed by atoms with E-state index in [1.807, 2.05) is 44.3 Å². The van der Waals surface area contributed by atoms with Crippen LogP contribution in [0.3, 0.4) is 0 Å². The Balaban J connectivity index is 2.17. The molecule has 0 spiro atoms. The largest absolute Gasteiger partial charge is 0.389 e. The van der Waals surface area contributed by atoms with Crippen LogP contribution in [0.25, 0.3) is 0 Å². The van der Waals surface area contributed by atoms with E-state index in [1.54, 1.807) is 0 Å². The van der Waals surface area contributed by atoms with Crippen LogP contribution in [0.15, 0.2) is 30.3 Å². The summed E-state index contributed by atoms with van der Waals surface area (Å²) in [7, 11) is 1.83. The van der Waals surface area contributed by atoms with Gasteiger partial charge in [-0.2, -0.15) is 0 Å². The average molecular weight is 223 g/mol. The Morgan fingerprint density at radius 2 is 2.00 bits per heavy atom. The van der Waals surface area contributed by atoms with Gasteiger partial charge in [-0.3, -0.25) is 0 Å². The van der Waals surface area contributed by atoms with Crippen molar-refractivity contribution < 1.29 is 9.84 Å². The van der Waals surface area contributed by atoms with Gasteiger partial charge in [0.2, 0.25) is 0 Å². The molecule has 16 heavy (non-hydrogen) atoms. The van der Waals surface area contributed by atoms with Gasteiger partial charge >= 0.3 is 0 Å². The Bertz CT molecular complexity index is 285. The first-order valence-electron chi connectivity index (χ1n) is 5.63. The Labute approximate surface area is 97.4 Å². The maximum Gasteiger partial charge on any atom is 0.0765 e. The Morgan fingerprint density at radius 3 is 2.62 bits per heavy atom. The summed E-state index contributed by atoms with van der Waals surface area (Å²) >= 11 is 0. The number of ether oxygens (including phenoxy) is 1. The lowest BCUT2D eigenvalue weighted by Gasteiger charge is -2.22. The highest BCUT2D eigenvalue weighted by molar-refractivity contribution is 5.13. The second-order valence-electron chi connectivity index (χ2n) is 4.32. The first-order chi connectivity index (χ1) is 7.64. The molecule has 1 aromatic rings. The van der Waals surface area contributed by atoms with Crippen molar-refractivity contribution in [3.63, 3.8) is 0 Å². The van der Waals surface area contributed by atoms with Crippen LogP contribution in [0.5, 0.6) is 0 Å². The number of aliphatic hydroxyl groups is 1. The molecule has 0 heterocycles. The fourth-order valence-corrected chi connectivity index (χ4v) is 1.53. The number of hydrogen-bond acceptors (Lipinski definition) is 3. The van der Waals surface area contributed by atoms with Crippen LogP contribution < -0.4 is 5.32 Å². The minimum atomic E-state index is -0.689. The van der Waals surface area contributed by atoms with Gasteiger partial charge in [0.1, 0.15) is 0 Å². The molecule has 3 nitrogen and oxygen atoms in total. The molecule has 0 radical (unpaired) electrons. The lowest BCUT2D eigenvalue weighted by atomic mass is 10.0. The quantitative estimate of drug-likeness (QED) is 0.689. The van der Waals surface area contributed by atoms with Gasteiger partial charge in [0.15, 0.2) is 0 Å². The average Bonchev–Trinajstić information content (AvgIpc) is 2.26. The molecule has 0 saturated carbocycles. The molecule has 0 aromatic heterocycles. The van der Waals surface area contributed by atoms with Gasteiger partial charge in [-0.1, -0.05) is 30.3 Å². The van der Waals surface area contributed by atoms with Gasteiger partial charge < -0.3 is 15.2 Å². The van der Waals surface area contributed by atoms with Gasteiger partial charge in [0.25, 0.3) is 0 Å². The van der Waals surface area contributed by atoms with E-state index < -0.39 is 5.60 Å². The summed E-state index contributed by atoms with van der Waals surface area (Å²) in [5.74, 6) is 0. The Kier molecular flexibility index (Phi) is 5.46. The standard InChI is InChI=1S/C13H21NO2/c1-13(15,11-14-2)8-9-16-10-12-6-4-3-5-7-12/h3-7,14-15H,8-11H2,1-2H3. The van der Waals surface area contributed by atoms with E-state index in [4.69, 9.17) is 4.74 Å². The normalized spacial score (nSPS) is 14.7. The van der Waals surface area contributed by atoms with Gasteiger partial charge in [-0.05, 0) is 19.5 Å². The van der Waals surface area contributed by atoms with E-state index in [1.165, 1.54) is 0 Å². The second-order valence-corrected chi connectivity index (χ2v) is 4.32. The fourth-order valence-electron chi connectivity index (χ4n) is 1.53. The minimum Gasteiger partial charge on any atom is -0.389 e. The number of hydrogen-bond donors (Lipinski definition) is 2.